The van der Waals surface area contributed by atoms with Crippen LogP contribution in [0, 0.1) is 11.3 Å². The predicted molar refractivity (Wildman–Crippen MR) is 86.5 cm³/mol. The number of carbonyl (C=O) groups is 1. The van der Waals surface area contributed by atoms with Crippen LogP contribution in [0.2, 0.25) is 0 Å². The second-order valence-corrected chi connectivity index (χ2v) is 8.20. The van der Waals surface area contributed by atoms with Gasteiger partial charge in [-0.25, -0.2) is 4.79 Å². The van der Waals surface area contributed by atoms with Gasteiger partial charge in [-0.05, 0) is 52.4 Å². The number of hydrogen-bond donors (Lipinski definition) is 2. The summed E-state index contributed by atoms with van der Waals surface area (Å²) >= 11 is 0. The Kier molecular flexibility index (Phi) is 4.79. The molecule has 5 heteroatoms. The van der Waals surface area contributed by atoms with Gasteiger partial charge in [0.1, 0.15) is 11.2 Å². The number of β-amino-alcohol motifs (C(OH)–C–C–N with tert-alkyl or cyclic N) is 1. The Morgan fingerprint density at radius 2 is 1.86 bits per heavy atom. The molecule has 128 valence electrons. The fraction of sp³-hybridized carbons (Fsp3) is 0.941. The van der Waals surface area contributed by atoms with Crippen molar-refractivity contribution in [2.45, 2.75) is 71.0 Å². The van der Waals surface area contributed by atoms with Gasteiger partial charge in [-0.1, -0.05) is 13.3 Å². The highest BCUT2D eigenvalue weighted by Crippen LogP contribution is 2.50. The summed E-state index contributed by atoms with van der Waals surface area (Å²) in [7, 11) is 0. The minimum absolute atomic E-state index is 0.239. The van der Waals surface area contributed by atoms with Gasteiger partial charge >= 0.3 is 6.09 Å². The molecule has 2 rings (SSSR count). The summed E-state index contributed by atoms with van der Waals surface area (Å²) in [5, 5.41) is 11.0. The third-order valence-corrected chi connectivity index (χ3v) is 5.57. The van der Waals surface area contributed by atoms with Gasteiger partial charge in [-0.2, -0.15) is 0 Å². The first kappa shape index (κ1) is 17.5. The lowest BCUT2D eigenvalue weighted by molar-refractivity contribution is -0.184. The van der Waals surface area contributed by atoms with Crippen LogP contribution in [-0.4, -0.2) is 46.9 Å². The smallest absolute Gasteiger partial charge is 0.410 e. The van der Waals surface area contributed by atoms with Crippen molar-refractivity contribution in [2.24, 2.45) is 17.1 Å². The van der Waals surface area contributed by atoms with Crippen LogP contribution in [-0.2, 0) is 4.74 Å². The van der Waals surface area contributed by atoms with E-state index in [0.29, 0.717) is 19.6 Å². The maximum absolute atomic E-state index is 12.1. The average molecular weight is 312 g/mol. The van der Waals surface area contributed by atoms with Gasteiger partial charge in [-0.15, -0.1) is 0 Å². The highest BCUT2D eigenvalue weighted by atomic mass is 16.6. The lowest BCUT2D eigenvalue weighted by Gasteiger charge is -2.58. The van der Waals surface area contributed by atoms with E-state index >= 15 is 0 Å². The number of amides is 1. The van der Waals surface area contributed by atoms with Crippen molar-refractivity contribution < 1.29 is 14.6 Å². The highest BCUT2D eigenvalue weighted by Gasteiger charge is 2.58. The Bertz CT molecular complexity index is 403. The van der Waals surface area contributed by atoms with E-state index in [1.54, 1.807) is 4.90 Å². The van der Waals surface area contributed by atoms with E-state index in [0.717, 1.165) is 31.6 Å². The SMILES string of the molecule is CCC1CCC(CN)(C2(O)CN(C(=O)OC(C)(C)C)C2)CC1. The molecular weight excluding hydrogens is 280 g/mol. The molecular formula is C17H32N2O3. The van der Waals surface area contributed by atoms with Crippen molar-refractivity contribution in [1.82, 2.24) is 4.90 Å². The summed E-state index contributed by atoms with van der Waals surface area (Å²) in [6, 6.07) is 0. The zero-order valence-corrected chi connectivity index (χ0v) is 14.5. The molecule has 5 nitrogen and oxygen atoms in total. The third-order valence-electron chi connectivity index (χ3n) is 5.57. The zero-order valence-electron chi connectivity index (χ0n) is 14.5. The number of ether oxygens (including phenoxy) is 1. The third kappa shape index (κ3) is 3.25. The number of rotatable bonds is 3. The molecule has 0 aromatic rings. The fourth-order valence-electron chi connectivity index (χ4n) is 3.87. The molecule has 1 aliphatic carbocycles. The van der Waals surface area contributed by atoms with E-state index in [9.17, 15) is 9.90 Å². The Hall–Kier alpha value is -0.810. The van der Waals surface area contributed by atoms with Crippen LogP contribution < -0.4 is 5.73 Å². The number of nitrogens with zero attached hydrogens (tertiary/aromatic N) is 1. The van der Waals surface area contributed by atoms with Crippen LogP contribution in [0.4, 0.5) is 4.79 Å². The van der Waals surface area contributed by atoms with E-state index < -0.39 is 11.2 Å². The number of hydrogen-bond acceptors (Lipinski definition) is 4. The first-order valence-electron chi connectivity index (χ1n) is 8.55. The van der Waals surface area contributed by atoms with Crippen molar-refractivity contribution in [3.05, 3.63) is 0 Å². The molecule has 1 amide bonds. The van der Waals surface area contributed by atoms with Gasteiger partial charge < -0.3 is 20.5 Å². The van der Waals surface area contributed by atoms with E-state index in [4.69, 9.17) is 10.5 Å². The summed E-state index contributed by atoms with van der Waals surface area (Å²) < 4.78 is 5.37. The lowest BCUT2D eigenvalue weighted by Crippen LogP contribution is -2.73. The van der Waals surface area contributed by atoms with Crippen molar-refractivity contribution in [3.63, 3.8) is 0 Å². The molecule has 22 heavy (non-hydrogen) atoms. The largest absolute Gasteiger partial charge is 0.444 e. The molecule has 1 saturated heterocycles. The number of nitrogens with two attached hydrogens (primary N) is 1. The molecule has 0 aromatic heterocycles. The minimum Gasteiger partial charge on any atom is -0.444 e. The topological polar surface area (TPSA) is 75.8 Å². The molecule has 2 fully saturated rings. The van der Waals surface area contributed by atoms with Gasteiger partial charge in [-0.3, -0.25) is 0 Å². The summed E-state index contributed by atoms with van der Waals surface area (Å²) in [5.74, 6) is 0.755. The van der Waals surface area contributed by atoms with Crippen molar-refractivity contribution in [3.8, 4) is 0 Å². The van der Waals surface area contributed by atoms with E-state index in [2.05, 4.69) is 6.92 Å². The van der Waals surface area contributed by atoms with Crippen LogP contribution >= 0.6 is 0 Å². The molecule has 0 unspecified atom stereocenters. The maximum atomic E-state index is 12.1. The van der Waals surface area contributed by atoms with E-state index in [1.807, 2.05) is 20.8 Å². The van der Waals surface area contributed by atoms with Crippen LogP contribution in [0.15, 0.2) is 0 Å². The Balaban J connectivity index is 1.97. The average Bonchev–Trinajstić information content (AvgIpc) is 2.42. The number of likely N-dealkylation sites (tertiary alicyclic amines) is 1. The molecule has 0 radical (unpaired) electrons. The zero-order chi connectivity index (χ0) is 16.6. The number of aliphatic hydroxyl groups is 1. The van der Waals surface area contributed by atoms with Crippen LogP contribution in [0.5, 0.6) is 0 Å². The first-order valence-corrected chi connectivity index (χ1v) is 8.55. The second-order valence-electron chi connectivity index (χ2n) is 8.20. The minimum atomic E-state index is -0.850. The molecule has 0 bridgehead atoms. The monoisotopic (exact) mass is 312 g/mol. The molecule has 0 atom stereocenters. The standard InChI is InChI=1S/C17H32N2O3/c1-5-13-6-8-16(10-18,9-7-13)17(21)11-19(12-17)14(20)22-15(2,3)4/h13,21H,5-12,18H2,1-4H3. The Morgan fingerprint density at radius 1 is 1.32 bits per heavy atom. The summed E-state index contributed by atoms with van der Waals surface area (Å²) in [5.41, 5.74) is 4.46. The van der Waals surface area contributed by atoms with Crippen LogP contribution in [0.3, 0.4) is 0 Å². The molecule has 0 spiro atoms. The van der Waals surface area contributed by atoms with Gasteiger partial charge in [0.25, 0.3) is 0 Å². The van der Waals surface area contributed by atoms with Crippen molar-refractivity contribution in [1.29, 1.82) is 0 Å². The molecule has 1 aliphatic heterocycles. The lowest BCUT2D eigenvalue weighted by atomic mass is 9.58. The highest BCUT2D eigenvalue weighted by molar-refractivity contribution is 5.69. The fourth-order valence-corrected chi connectivity index (χ4v) is 3.87. The van der Waals surface area contributed by atoms with E-state index in [-0.39, 0.29) is 11.5 Å². The molecule has 1 heterocycles. The van der Waals surface area contributed by atoms with Crippen LogP contribution in [0.1, 0.15) is 59.8 Å². The summed E-state index contributed by atoms with van der Waals surface area (Å²) in [6.07, 6.45) is 5.03. The van der Waals surface area contributed by atoms with Gasteiger partial charge in [0, 0.05) is 12.0 Å². The normalized spacial score (nSPS) is 31.5. The first-order chi connectivity index (χ1) is 10.1. The number of carbonyl (C=O) groups excluding carboxylic acids is 1. The van der Waals surface area contributed by atoms with E-state index in [1.165, 1.54) is 6.42 Å². The Morgan fingerprint density at radius 3 is 2.27 bits per heavy atom. The van der Waals surface area contributed by atoms with Crippen molar-refractivity contribution >= 4 is 6.09 Å². The van der Waals surface area contributed by atoms with Gasteiger partial charge in [0.05, 0.1) is 13.1 Å². The Labute approximate surface area is 134 Å². The van der Waals surface area contributed by atoms with Gasteiger partial charge in [0.15, 0.2) is 0 Å². The quantitative estimate of drug-likeness (QED) is 0.839. The summed E-state index contributed by atoms with van der Waals surface area (Å²) in [6.45, 7) is 8.95. The molecule has 3 N–H and O–H groups in total. The van der Waals surface area contributed by atoms with Crippen LogP contribution in [0.25, 0.3) is 0 Å². The second kappa shape index (κ2) is 6.00. The predicted octanol–water partition coefficient (Wildman–Crippen LogP) is 2.51. The summed E-state index contributed by atoms with van der Waals surface area (Å²) in [4.78, 5) is 13.7. The van der Waals surface area contributed by atoms with Gasteiger partial charge in [0.2, 0.25) is 0 Å². The molecule has 2 aliphatic rings. The molecule has 0 aromatic carbocycles. The maximum Gasteiger partial charge on any atom is 0.410 e. The molecule has 1 saturated carbocycles. The van der Waals surface area contributed by atoms with Crippen molar-refractivity contribution in [2.75, 3.05) is 19.6 Å².